The second-order valence-corrected chi connectivity index (χ2v) is 4.55. The van der Waals surface area contributed by atoms with Gasteiger partial charge in [0.15, 0.2) is 0 Å². The Morgan fingerprint density at radius 2 is 1.93 bits per heavy atom. The van der Waals surface area contributed by atoms with Crippen LogP contribution in [0.15, 0.2) is 24.3 Å². The van der Waals surface area contributed by atoms with Gasteiger partial charge in [0.25, 0.3) is 0 Å². The summed E-state index contributed by atoms with van der Waals surface area (Å²) >= 11 is 7.41. The predicted molar refractivity (Wildman–Crippen MR) is 61.8 cm³/mol. The van der Waals surface area contributed by atoms with E-state index in [0.29, 0.717) is 0 Å². The molecule has 2 aromatic rings. The van der Waals surface area contributed by atoms with Gasteiger partial charge in [-0.05, 0) is 26.0 Å². The molecule has 2 rings (SSSR count). The molecule has 1 heterocycles. The summed E-state index contributed by atoms with van der Waals surface area (Å²) in [4.78, 5) is 5.45. The quantitative estimate of drug-likeness (QED) is 0.712. The first-order valence-corrected chi connectivity index (χ1v) is 5.41. The molecule has 0 aliphatic rings. The van der Waals surface area contributed by atoms with Gasteiger partial charge in [-0.1, -0.05) is 23.7 Å². The average Bonchev–Trinajstić information content (AvgIpc) is 2.48. The van der Waals surface area contributed by atoms with Gasteiger partial charge in [-0.25, -0.2) is 4.98 Å². The lowest BCUT2D eigenvalue weighted by Gasteiger charge is -1.94. The van der Waals surface area contributed by atoms with Crippen molar-refractivity contribution in [1.82, 2.24) is 4.98 Å². The minimum atomic E-state index is 0.747. The monoisotopic (exact) mass is 222 g/mol. The van der Waals surface area contributed by atoms with Gasteiger partial charge in [0, 0.05) is 15.5 Å². The minimum absolute atomic E-state index is 0.747. The molecule has 3 heteroatoms. The largest absolute Gasteiger partial charge is 0.241 e. The zero-order valence-electron chi connectivity index (χ0n) is 7.75. The van der Waals surface area contributed by atoms with Crippen LogP contribution in [0.3, 0.4) is 0 Å². The normalized spacial score (nSPS) is 10.5. The van der Waals surface area contributed by atoms with Gasteiger partial charge in [-0.15, -0.1) is 11.3 Å². The van der Waals surface area contributed by atoms with E-state index in [2.05, 4.69) is 11.9 Å². The van der Waals surface area contributed by atoms with Crippen LogP contribution < -0.4 is 0 Å². The maximum absolute atomic E-state index is 5.81. The number of halogens is 1. The standard InChI is InChI=1S/C11H9ClNS/c1-7-8(2)14-11(13-7)9-3-5-10(12)6-4-9/h3-6H,2H2,1H3. The zero-order chi connectivity index (χ0) is 10.1. The third kappa shape index (κ3) is 1.81. The van der Waals surface area contributed by atoms with Crippen molar-refractivity contribution in [3.05, 3.63) is 46.8 Å². The van der Waals surface area contributed by atoms with Crippen LogP contribution in [0.25, 0.3) is 10.6 Å². The highest BCUT2D eigenvalue weighted by molar-refractivity contribution is 7.15. The van der Waals surface area contributed by atoms with Gasteiger partial charge in [0.05, 0.1) is 5.69 Å². The molecular formula is C11H9ClNS. The molecule has 1 aromatic carbocycles. The number of aryl methyl sites for hydroxylation is 1. The summed E-state index contributed by atoms with van der Waals surface area (Å²) in [5, 5.41) is 1.75. The first kappa shape index (κ1) is 9.69. The summed E-state index contributed by atoms with van der Waals surface area (Å²) in [7, 11) is 0. The molecule has 0 spiro atoms. The van der Waals surface area contributed by atoms with Gasteiger partial charge >= 0.3 is 0 Å². The lowest BCUT2D eigenvalue weighted by atomic mass is 10.2. The summed E-state index contributed by atoms with van der Waals surface area (Å²) in [6.45, 7) is 5.88. The number of nitrogens with zero attached hydrogens (tertiary/aromatic N) is 1. The minimum Gasteiger partial charge on any atom is -0.241 e. The molecule has 14 heavy (non-hydrogen) atoms. The van der Waals surface area contributed by atoms with Gasteiger partial charge < -0.3 is 0 Å². The molecule has 1 radical (unpaired) electrons. The van der Waals surface area contributed by atoms with Crippen LogP contribution in [0.1, 0.15) is 10.6 Å². The van der Waals surface area contributed by atoms with E-state index in [9.17, 15) is 0 Å². The Morgan fingerprint density at radius 1 is 1.29 bits per heavy atom. The Balaban J connectivity index is 2.44. The van der Waals surface area contributed by atoms with Crippen LogP contribution in [-0.4, -0.2) is 4.98 Å². The zero-order valence-corrected chi connectivity index (χ0v) is 9.32. The summed E-state index contributed by atoms with van der Waals surface area (Å²) in [6, 6.07) is 7.69. The first-order chi connectivity index (χ1) is 6.66. The van der Waals surface area contributed by atoms with Gasteiger partial charge in [0.1, 0.15) is 5.01 Å². The van der Waals surface area contributed by atoms with E-state index in [1.54, 1.807) is 11.3 Å². The molecule has 0 bridgehead atoms. The van der Waals surface area contributed by atoms with Crippen molar-refractivity contribution in [1.29, 1.82) is 0 Å². The number of rotatable bonds is 1. The van der Waals surface area contributed by atoms with Crippen LogP contribution in [0.4, 0.5) is 0 Å². The summed E-state index contributed by atoms with van der Waals surface area (Å²) < 4.78 is 0. The number of hydrogen-bond acceptors (Lipinski definition) is 2. The van der Waals surface area contributed by atoms with Gasteiger partial charge in [-0.3, -0.25) is 0 Å². The van der Waals surface area contributed by atoms with Crippen molar-refractivity contribution < 1.29 is 0 Å². The maximum atomic E-state index is 5.81. The highest BCUT2D eigenvalue weighted by atomic mass is 35.5. The molecule has 0 unspecified atom stereocenters. The maximum Gasteiger partial charge on any atom is 0.123 e. The molecule has 0 fully saturated rings. The summed E-state index contributed by atoms with van der Waals surface area (Å²) in [5.41, 5.74) is 2.09. The molecule has 0 saturated heterocycles. The van der Waals surface area contributed by atoms with E-state index in [0.717, 1.165) is 26.2 Å². The van der Waals surface area contributed by atoms with E-state index in [1.807, 2.05) is 31.2 Å². The average molecular weight is 223 g/mol. The number of thiazole rings is 1. The van der Waals surface area contributed by atoms with Crippen LogP contribution in [0.2, 0.25) is 5.02 Å². The van der Waals surface area contributed by atoms with Crippen molar-refractivity contribution in [3.63, 3.8) is 0 Å². The van der Waals surface area contributed by atoms with E-state index >= 15 is 0 Å². The van der Waals surface area contributed by atoms with Crippen LogP contribution in [0, 0.1) is 13.8 Å². The van der Waals surface area contributed by atoms with E-state index in [1.165, 1.54) is 0 Å². The number of hydrogen-bond donors (Lipinski definition) is 0. The van der Waals surface area contributed by atoms with E-state index < -0.39 is 0 Å². The Labute approximate surface area is 92.4 Å². The first-order valence-electron chi connectivity index (χ1n) is 4.22. The second-order valence-electron chi connectivity index (χ2n) is 3.03. The fourth-order valence-corrected chi connectivity index (χ4v) is 2.13. The Hall–Kier alpha value is -0.860. The molecular weight excluding hydrogens is 214 g/mol. The van der Waals surface area contributed by atoms with Crippen molar-refractivity contribution in [2.75, 3.05) is 0 Å². The molecule has 0 atom stereocenters. The molecule has 0 amide bonds. The third-order valence-corrected chi connectivity index (χ3v) is 3.30. The number of aromatic nitrogens is 1. The smallest absolute Gasteiger partial charge is 0.123 e. The molecule has 0 N–H and O–H groups in total. The molecule has 1 aromatic heterocycles. The van der Waals surface area contributed by atoms with Crippen LogP contribution in [-0.2, 0) is 0 Å². The van der Waals surface area contributed by atoms with Crippen LogP contribution >= 0.6 is 22.9 Å². The Morgan fingerprint density at radius 3 is 2.43 bits per heavy atom. The molecule has 0 aliphatic heterocycles. The van der Waals surface area contributed by atoms with E-state index in [-0.39, 0.29) is 0 Å². The van der Waals surface area contributed by atoms with Gasteiger partial charge in [0.2, 0.25) is 0 Å². The summed E-state index contributed by atoms with van der Waals surface area (Å²) in [6.07, 6.45) is 0. The fourth-order valence-electron chi connectivity index (χ4n) is 1.14. The Bertz CT molecular complexity index is 425. The second kappa shape index (κ2) is 3.71. The van der Waals surface area contributed by atoms with Gasteiger partial charge in [-0.2, -0.15) is 0 Å². The SMILES string of the molecule is [CH2]c1sc(-c2ccc(Cl)cc2)nc1C. The van der Waals surface area contributed by atoms with Crippen molar-refractivity contribution in [2.24, 2.45) is 0 Å². The summed E-state index contributed by atoms with van der Waals surface area (Å²) in [5.74, 6) is 0. The molecule has 71 valence electrons. The highest BCUT2D eigenvalue weighted by Gasteiger charge is 2.05. The lowest BCUT2D eigenvalue weighted by molar-refractivity contribution is 1.25. The molecule has 0 aliphatic carbocycles. The van der Waals surface area contributed by atoms with Crippen LogP contribution in [0.5, 0.6) is 0 Å². The molecule has 1 nitrogen and oxygen atoms in total. The number of benzene rings is 1. The molecule has 0 saturated carbocycles. The lowest BCUT2D eigenvalue weighted by Crippen LogP contribution is -1.76. The third-order valence-electron chi connectivity index (χ3n) is 1.98. The highest BCUT2D eigenvalue weighted by Crippen LogP contribution is 2.27. The van der Waals surface area contributed by atoms with Crippen molar-refractivity contribution in [2.45, 2.75) is 6.92 Å². The predicted octanol–water partition coefficient (Wildman–Crippen LogP) is 3.95. The van der Waals surface area contributed by atoms with Crippen molar-refractivity contribution in [3.8, 4) is 10.6 Å². The topological polar surface area (TPSA) is 12.9 Å². The fraction of sp³-hybridized carbons (Fsp3) is 0.0909. The Kier molecular flexibility index (Phi) is 2.57. The van der Waals surface area contributed by atoms with Crippen molar-refractivity contribution >= 4 is 22.9 Å². The van der Waals surface area contributed by atoms with E-state index in [4.69, 9.17) is 11.6 Å².